The quantitative estimate of drug-likeness (QED) is 0.321. The molecule has 178 valence electrons. The summed E-state index contributed by atoms with van der Waals surface area (Å²) in [5.74, 6) is 0.182. The predicted molar refractivity (Wildman–Crippen MR) is 140 cm³/mol. The molecule has 3 heterocycles. The second-order valence-corrected chi connectivity index (χ2v) is 9.57. The van der Waals surface area contributed by atoms with Crippen molar-refractivity contribution in [3.05, 3.63) is 89.0 Å². The number of nitrogens with one attached hydrogen (secondary N) is 2. The highest BCUT2D eigenvalue weighted by Gasteiger charge is 2.28. The van der Waals surface area contributed by atoms with E-state index in [9.17, 15) is 9.59 Å². The molecule has 0 saturated carbocycles. The van der Waals surface area contributed by atoms with E-state index in [1.807, 2.05) is 61.5 Å². The number of hydrogen-bond acceptors (Lipinski definition) is 7. The molecular weight excluding hydrogens is 474 g/mol. The summed E-state index contributed by atoms with van der Waals surface area (Å²) in [5, 5.41) is 8.73. The fourth-order valence-corrected chi connectivity index (χ4v) is 5.31. The molecule has 5 aromatic rings. The van der Waals surface area contributed by atoms with Crippen LogP contribution in [0.25, 0.3) is 21.1 Å². The van der Waals surface area contributed by atoms with Crippen LogP contribution >= 0.6 is 11.3 Å². The van der Waals surface area contributed by atoms with E-state index in [0.717, 1.165) is 33.1 Å². The number of carbonyl (C=O) groups is 2. The van der Waals surface area contributed by atoms with Crippen molar-refractivity contribution in [1.29, 1.82) is 0 Å². The number of hydrazone groups is 1. The van der Waals surface area contributed by atoms with E-state index in [2.05, 4.69) is 25.8 Å². The van der Waals surface area contributed by atoms with Gasteiger partial charge in [-0.3, -0.25) is 14.9 Å². The monoisotopic (exact) mass is 495 g/mol. The number of nitrogens with zero attached hydrogens (tertiary/aromatic N) is 3. The second-order valence-electron chi connectivity index (χ2n) is 8.54. The Morgan fingerprint density at radius 1 is 0.944 bits per heavy atom. The van der Waals surface area contributed by atoms with E-state index in [1.54, 1.807) is 6.07 Å². The third-order valence-electron chi connectivity index (χ3n) is 6.17. The molecule has 0 radical (unpaired) electrons. The maximum Gasteiger partial charge on any atom is 0.293 e. The molecule has 6 rings (SSSR count). The highest BCUT2D eigenvalue weighted by molar-refractivity contribution is 7.22. The van der Waals surface area contributed by atoms with E-state index in [-0.39, 0.29) is 17.4 Å². The van der Waals surface area contributed by atoms with Gasteiger partial charge in [0.25, 0.3) is 11.8 Å². The molecule has 0 fully saturated rings. The number of amides is 2. The van der Waals surface area contributed by atoms with Gasteiger partial charge < -0.3 is 4.42 Å². The molecule has 8 nitrogen and oxygen atoms in total. The summed E-state index contributed by atoms with van der Waals surface area (Å²) >= 11 is 1.41. The number of rotatable bonds is 4. The Morgan fingerprint density at radius 2 is 1.75 bits per heavy atom. The first kappa shape index (κ1) is 22.1. The number of fused-ring (bicyclic) bond motifs is 3. The molecule has 2 amide bonds. The summed E-state index contributed by atoms with van der Waals surface area (Å²) in [6.45, 7) is 1.84. The molecule has 2 N–H and O–H groups in total. The number of para-hydroxylation sites is 2. The highest BCUT2D eigenvalue weighted by atomic mass is 32.1. The summed E-state index contributed by atoms with van der Waals surface area (Å²) < 4.78 is 6.97. The lowest BCUT2D eigenvalue weighted by Gasteiger charge is -2.13. The van der Waals surface area contributed by atoms with Crippen molar-refractivity contribution in [2.75, 3.05) is 5.32 Å². The average Bonchev–Trinajstić information content (AvgIpc) is 3.47. The maximum atomic E-state index is 13.0. The third-order valence-corrected chi connectivity index (χ3v) is 7.12. The van der Waals surface area contributed by atoms with Gasteiger partial charge >= 0.3 is 0 Å². The Morgan fingerprint density at radius 3 is 2.61 bits per heavy atom. The summed E-state index contributed by atoms with van der Waals surface area (Å²) in [6, 6.07) is 18.9. The van der Waals surface area contributed by atoms with Crippen LogP contribution in [0.1, 0.15) is 50.8 Å². The van der Waals surface area contributed by atoms with Gasteiger partial charge in [-0.25, -0.2) is 15.4 Å². The van der Waals surface area contributed by atoms with Crippen molar-refractivity contribution >= 4 is 55.1 Å². The van der Waals surface area contributed by atoms with Crippen LogP contribution in [0.15, 0.2) is 70.2 Å². The number of pyridine rings is 1. The van der Waals surface area contributed by atoms with E-state index in [1.165, 1.54) is 11.3 Å². The van der Waals surface area contributed by atoms with Crippen LogP contribution in [-0.2, 0) is 6.42 Å². The number of benzene rings is 2. The summed E-state index contributed by atoms with van der Waals surface area (Å²) in [6.07, 6.45) is 2.17. The molecule has 0 aliphatic heterocycles. The van der Waals surface area contributed by atoms with Gasteiger partial charge in [0.05, 0.1) is 21.4 Å². The number of aryl methyl sites for hydroxylation is 1. The molecule has 0 unspecified atom stereocenters. The Labute approximate surface area is 210 Å². The average molecular weight is 496 g/mol. The van der Waals surface area contributed by atoms with Crippen LogP contribution in [-0.4, -0.2) is 27.5 Å². The first-order valence-electron chi connectivity index (χ1n) is 11.6. The Kier molecular flexibility index (Phi) is 5.54. The Hall–Kier alpha value is -4.37. The molecular formula is C27H21N5O3S. The Bertz CT molecular complexity index is 1650. The predicted octanol–water partition coefficient (Wildman–Crippen LogP) is 5.47. The largest absolute Gasteiger partial charge is 0.455 e. The zero-order chi connectivity index (χ0) is 24.6. The van der Waals surface area contributed by atoms with Gasteiger partial charge in [0.15, 0.2) is 10.9 Å². The first-order chi connectivity index (χ1) is 17.6. The zero-order valence-corrected chi connectivity index (χ0v) is 20.2. The van der Waals surface area contributed by atoms with E-state index < -0.39 is 5.91 Å². The van der Waals surface area contributed by atoms with Gasteiger partial charge in [-0.1, -0.05) is 47.7 Å². The van der Waals surface area contributed by atoms with Crippen molar-refractivity contribution in [3.63, 3.8) is 0 Å². The summed E-state index contributed by atoms with van der Waals surface area (Å²) in [5.41, 5.74) is 6.65. The molecule has 3 aromatic heterocycles. The van der Waals surface area contributed by atoms with Crippen molar-refractivity contribution < 1.29 is 14.0 Å². The SMILES string of the molecule is Cc1c(C(=O)Nc2nc3ccccc3s2)oc2c1/C(=N/NC(=O)c1ccc3ccccc3n1)CCC2. The molecule has 0 spiro atoms. The number of anilines is 1. The van der Waals surface area contributed by atoms with Gasteiger partial charge in [0.2, 0.25) is 0 Å². The number of aromatic nitrogens is 2. The molecule has 0 saturated heterocycles. The standard InChI is InChI=1S/C27H21N5O3S/c1-15-23-19(31-32-25(33)20-14-13-16-7-2-3-8-17(16)28-20)10-6-11-21(23)35-24(15)26(34)30-27-29-18-9-4-5-12-22(18)36-27/h2-5,7-9,12-14H,6,10-11H2,1H3,(H,32,33)(H,29,30,34)/b31-19+. The normalized spacial score (nSPS) is 14.2. The van der Waals surface area contributed by atoms with Gasteiger partial charge in [-0.15, -0.1) is 0 Å². The fourth-order valence-electron chi connectivity index (χ4n) is 4.44. The number of thiazole rings is 1. The number of furan rings is 1. The number of hydrogen-bond donors (Lipinski definition) is 2. The van der Waals surface area contributed by atoms with Gasteiger partial charge in [0, 0.05) is 22.9 Å². The molecule has 36 heavy (non-hydrogen) atoms. The fraction of sp³-hybridized carbons (Fsp3) is 0.148. The minimum atomic E-state index is -0.393. The van der Waals surface area contributed by atoms with Crippen LogP contribution in [0, 0.1) is 6.92 Å². The van der Waals surface area contributed by atoms with E-state index in [4.69, 9.17) is 4.42 Å². The number of carbonyl (C=O) groups excluding carboxylic acids is 2. The molecule has 2 aromatic carbocycles. The van der Waals surface area contributed by atoms with Crippen LogP contribution < -0.4 is 10.7 Å². The third kappa shape index (κ3) is 4.03. The molecule has 1 aliphatic carbocycles. The first-order valence-corrected chi connectivity index (χ1v) is 12.4. The lowest BCUT2D eigenvalue weighted by atomic mass is 9.93. The molecule has 0 bridgehead atoms. The Balaban J connectivity index is 1.24. The van der Waals surface area contributed by atoms with Crippen molar-refractivity contribution in [2.24, 2.45) is 5.10 Å². The minimum absolute atomic E-state index is 0.233. The van der Waals surface area contributed by atoms with Crippen molar-refractivity contribution in [3.8, 4) is 0 Å². The lowest BCUT2D eigenvalue weighted by molar-refractivity contribution is 0.0949. The molecule has 9 heteroatoms. The van der Waals surface area contributed by atoms with Gasteiger partial charge in [-0.2, -0.15) is 5.10 Å². The molecule has 1 aliphatic rings. The van der Waals surface area contributed by atoms with Crippen LogP contribution in [0.3, 0.4) is 0 Å². The smallest absolute Gasteiger partial charge is 0.293 e. The van der Waals surface area contributed by atoms with Gasteiger partial charge in [0.1, 0.15) is 11.5 Å². The van der Waals surface area contributed by atoms with Crippen molar-refractivity contribution in [2.45, 2.75) is 26.2 Å². The van der Waals surface area contributed by atoms with Crippen LogP contribution in [0.4, 0.5) is 5.13 Å². The van der Waals surface area contributed by atoms with Crippen LogP contribution in [0.2, 0.25) is 0 Å². The summed E-state index contributed by atoms with van der Waals surface area (Å²) in [7, 11) is 0. The zero-order valence-electron chi connectivity index (χ0n) is 19.4. The second kappa shape index (κ2) is 9.01. The topological polar surface area (TPSA) is 109 Å². The summed E-state index contributed by atoms with van der Waals surface area (Å²) in [4.78, 5) is 34.7. The van der Waals surface area contributed by atoms with Crippen molar-refractivity contribution in [1.82, 2.24) is 15.4 Å². The maximum absolute atomic E-state index is 13.0. The minimum Gasteiger partial charge on any atom is -0.455 e. The molecule has 0 atom stereocenters. The van der Waals surface area contributed by atoms with E-state index >= 15 is 0 Å². The van der Waals surface area contributed by atoms with E-state index in [0.29, 0.717) is 35.0 Å². The van der Waals surface area contributed by atoms with Crippen LogP contribution in [0.5, 0.6) is 0 Å². The lowest BCUT2D eigenvalue weighted by Crippen LogP contribution is -2.23. The highest BCUT2D eigenvalue weighted by Crippen LogP contribution is 2.31. The van der Waals surface area contributed by atoms with Gasteiger partial charge in [-0.05, 0) is 44.0 Å².